The van der Waals surface area contributed by atoms with E-state index in [0.29, 0.717) is 11.2 Å². The fourth-order valence-electron chi connectivity index (χ4n) is 2.48. The lowest BCUT2D eigenvalue weighted by molar-refractivity contribution is 0.601. The number of pyridine rings is 2. The minimum Gasteiger partial charge on any atom is -0.276 e. The molecule has 0 fully saturated rings. The van der Waals surface area contributed by atoms with Crippen LogP contribution in [0.2, 0.25) is 5.15 Å². The highest BCUT2D eigenvalue weighted by atomic mass is 35.5. The number of rotatable bonds is 4. The Morgan fingerprint density at radius 3 is 2.50 bits per heavy atom. The topological polar surface area (TPSA) is 101 Å². The van der Waals surface area contributed by atoms with Crippen molar-refractivity contribution < 1.29 is 8.42 Å². The van der Waals surface area contributed by atoms with Crippen LogP contribution in [0.15, 0.2) is 66.0 Å². The Balaban J connectivity index is 1.72. The van der Waals surface area contributed by atoms with Crippen molar-refractivity contribution in [3.05, 3.63) is 66.2 Å². The molecule has 2 N–H and O–H groups in total. The van der Waals surface area contributed by atoms with Crippen molar-refractivity contribution in [1.82, 2.24) is 20.2 Å². The molecule has 9 heteroatoms. The Kier molecular flexibility index (Phi) is 4.06. The van der Waals surface area contributed by atoms with E-state index in [1.165, 1.54) is 12.1 Å². The van der Waals surface area contributed by atoms with Gasteiger partial charge in [0.25, 0.3) is 10.0 Å². The largest absolute Gasteiger partial charge is 0.276 e. The zero-order valence-corrected chi connectivity index (χ0v) is 14.8. The third kappa shape index (κ3) is 3.12. The standard InChI is InChI=1S/C17H12ClN5O2S/c18-16-15(23-26(24,25)14-4-2-1-3-5-14)7-12(8-19-16)11-6-13-10-21-22-17(13)20-9-11/h1-10,23H,(H,20,21,22). The fraction of sp³-hybridized carbons (Fsp3) is 0. The summed E-state index contributed by atoms with van der Waals surface area (Å²) in [7, 11) is -3.77. The van der Waals surface area contributed by atoms with Gasteiger partial charge in [0.2, 0.25) is 0 Å². The molecule has 0 aliphatic heterocycles. The highest BCUT2D eigenvalue weighted by Gasteiger charge is 2.16. The van der Waals surface area contributed by atoms with E-state index in [-0.39, 0.29) is 15.7 Å². The van der Waals surface area contributed by atoms with Crippen LogP contribution < -0.4 is 4.72 Å². The highest BCUT2D eigenvalue weighted by molar-refractivity contribution is 7.92. The predicted octanol–water partition coefficient (Wildman–Crippen LogP) is 3.47. The summed E-state index contributed by atoms with van der Waals surface area (Å²) in [6.45, 7) is 0. The number of nitrogens with one attached hydrogen (secondary N) is 2. The number of H-pyrrole nitrogens is 1. The van der Waals surface area contributed by atoms with Crippen molar-refractivity contribution in [2.45, 2.75) is 4.90 Å². The average Bonchev–Trinajstić information content (AvgIpc) is 3.12. The van der Waals surface area contributed by atoms with Crippen molar-refractivity contribution in [3.63, 3.8) is 0 Å². The van der Waals surface area contributed by atoms with Crippen molar-refractivity contribution in [3.8, 4) is 11.1 Å². The van der Waals surface area contributed by atoms with Crippen molar-refractivity contribution >= 4 is 38.3 Å². The molecule has 130 valence electrons. The van der Waals surface area contributed by atoms with Crippen molar-refractivity contribution in [1.29, 1.82) is 0 Å². The van der Waals surface area contributed by atoms with Crippen LogP contribution in [-0.2, 0) is 10.0 Å². The van der Waals surface area contributed by atoms with Crippen LogP contribution in [0.5, 0.6) is 0 Å². The monoisotopic (exact) mass is 385 g/mol. The summed E-state index contributed by atoms with van der Waals surface area (Å²) in [5.41, 5.74) is 2.31. The van der Waals surface area contributed by atoms with Crippen LogP contribution in [0.3, 0.4) is 0 Å². The first-order valence-electron chi connectivity index (χ1n) is 7.56. The smallest absolute Gasteiger partial charge is 0.261 e. The van der Waals surface area contributed by atoms with E-state index >= 15 is 0 Å². The van der Waals surface area contributed by atoms with Gasteiger partial charge in [-0.15, -0.1) is 0 Å². The van der Waals surface area contributed by atoms with Crippen LogP contribution in [0.1, 0.15) is 0 Å². The predicted molar refractivity (Wildman–Crippen MR) is 99.4 cm³/mol. The maximum atomic E-state index is 12.5. The number of sulfonamides is 1. The normalized spacial score (nSPS) is 11.6. The van der Waals surface area contributed by atoms with Gasteiger partial charge in [-0.3, -0.25) is 9.82 Å². The van der Waals surface area contributed by atoms with Gasteiger partial charge in [-0.2, -0.15) is 5.10 Å². The molecule has 0 aliphatic rings. The molecule has 0 radical (unpaired) electrons. The minimum atomic E-state index is -3.77. The van der Waals surface area contributed by atoms with Gasteiger partial charge in [0.15, 0.2) is 10.8 Å². The van der Waals surface area contributed by atoms with E-state index in [0.717, 1.165) is 10.9 Å². The van der Waals surface area contributed by atoms with E-state index < -0.39 is 10.0 Å². The first kappa shape index (κ1) is 16.5. The van der Waals surface area contributed by atoms with Crippen LogP contribution in [0.4, 0.5) is 5.69 Å². The van der Waals surface area contributed by atoms with Crippen LogP contribution in [0, 0.1) is 0 Å². The molecule has 0 amide bonds. The first-order valence-corrected chi connectivity index (χ1v) is 9.42. The van der Waals surface area contributed by atoms with Gasteiger partial charge in [-0.05, 0) is 24.3 Å². The molecule has 0 saturated heterocycles. The lowest BCUT2D eigenvalue weighted by Gasteiger charge is -2.11. The van der Waals surface area contributed by atoms with E-state index in [9.17, 15) is 8.42 Å². The van der Waals surface area contributed by atoms with Gasteiger partial charge in [0.05, 0.1) is 16.8 Å². The Bertz CT molecular complexity index is 1190. The van der Waals surface area contributed by atoms with Crippen molar-refractivity contribution in [2.24, 2.45) is 0 Å². The van der Waals surface area contributed by atoms with Crippen LogP contribution >= 0.6 is 11.6 Å². The molecule has 0 spiro atoms. The molecule has 26 heavy (non-hydrogen) atoms. The number of benzene rings is 1. The average molecular weight is 386 g/mol. The number of nitrogens with zero attached hydrogens (tertiary/aromatic N) is 3. The molecule has 1 aromatic carbocycles. The second-order valence-electron chi connectivity index (χ2n) is 5.51. The number of aromatic amines is 1. The van der Waals surface area contributed by atoms with Gasteiger partial charge >= 0.3 is 0 Å². The minimum absolute atomic E-state index is 0.0607. The van der Waals surface area contributed by atoms with Crippen molar-refractivity contribution in [2.75, 3.05) is 4.72 Å². The van der Waals surface area contributed by atoms with E-state index in [2.05, 4.69) is 24.9 Å². The lowest BCUT2D eigenvalue weighted by atomic mass is 10.1. The van der Waals surface area contributed by atoms with Gasteiger partial charge in [-0.1, -0.05) is 29.8 Å². The summed E-state index contributed by atoms with van der Waals surface area (Å²) < 4.78 is 27.5. The van der Waals surface area contributed by atoms with Gasteiger partial charge in [-0.25, -0.2) is 18.4 Å². The molecule has 4 aromatic rings. The zero-order valence-electron chi connectivity index (χ0n) is 13.2. The summed E-state index contributed by atoms with van der Waals surface area (Å²) in [5.74, 6) is 0. The Labute approximate surface area is 154 Å². The number of aromatic nitrogens is 4. The third-order valence-corrected chi connectivity index (χ3v) is 5.44. The second kappa shape index (κ2) is 6.40. The first-order chi connectivity index (χ1) is 12.5. The highest BCUT2D eigenvalue weighted by Crippen LogP contribution is 2.29. The molecule has 0 bridgehead atoms. The summed E-state index contributed by atoms with van der Waals surface area (Å²) in [6.07, 6.45) is 4.88. The lowest BCUT2D eigenvalue weighted by Crippen LogP contribution is -2.13. The maximum Gasteiger partial charge on any atom is 0.261 e. The number of hydrogen-bond acceptors (Lipinski definition) is 5. The van der Waals surface area contributed by atoms with Gasteiger partial charge < -0.3 is 0 Å². The number of anilines is 1. The molecule has 0 unspecified atom stereocenters. The molecule has 0 aliphatic carbocycles. The summed E-state index contributed by atoms with van der Waals surface area (Å²) >= 11 is 6.09. The summed E-state index contributed by atoms with van der Waals surface area (Å²) in [5, 5.41) is 7.61. The van der Waals surface area contributed by atoms with E-state index in [4.69, 9.17) is 11.6 Å². The Morgan fingerprint density at radius 1 is 0.962 bits per heavy atom. The quantitative estimate of drug-likeness (QED) is 0.524. The number of hydrogen-bond donors (Lipinski definition) is 2. The molecule has 3 aromatic heterocycles. The van der Waals surface area contributed by atoms with Gasteiger partial charge in [0, 0.05) is 28.9 Å². The molecular formula is C17H12ClN5O2S. The Morgan fingerprint density at radius 2 is 1.69 bits per heavy atom. The summed E-state index contributed by atoms with van der Waals surface area (Å²) in [6, 6.07) is 11.6. The SMILES string of the molecule is O=S(=O)(Nc1cc(-c2cnc3[nH]ncc3c2)cnc1Cl)c1ccccc1. The molecule has 7 nitrogen and oxygen atoms in total. The molecule has 3 heterocycles. The second-order valence-corrected chi connectivity index (χ2v) is 7.55. The third-order valence-electron chi connectivity index (χ3n) is 3.76. The number of fused-ring (bicyclic) bond motifs is 1. The summed E-state index contributed by atoms with van der Waals surface area (Å²) in [4.78, 5) is 8.50. The van der Waals surface area contributed by atoms with E-state index in [1.807, 2.05) is 6.07 Å². The Hall–Kier alpha value is -2.97. The fourth-order valence-corrected chi connectivity index (χ4v) is 3.76. The number of halogens is 1. The molecular weight excluding hydrogens is 374 g/mol. The molecule has 0 saturated carbocycles. The molecule has 4 rings (SSSR count). The zero-order chi connectivity index (χ0) is 18.1. The van der Waals surface area contributed by atoms with Crippen LogP contribution in [-0.4, -0.2) is 28.6 Å². The maximum absolute atomic E-state index is 12.5. The van der Waals surface area contributed by atoms with Gasteiger partial charge in [0.1, 0.15) is 0 Å². The molecule has 0 atom stereocenters. The van der Waals surface area contributed by atoms with Crippen LogP contribution in [0.25, 0.3) is 22.2 Å². The van der Waals surface area contributed by atoms with E-state index in [1.54, 1.807) is 42.9 Å².